The number of nitrogens with one attached hydrogen (secondary N) is 3. The Morgan fingerprint density at radius 2 is 1.78 bits per heavy atom. The van der Waals surface area contributed by atoms with Crippen LogP contribution in [0.2, 0.25) is 0 Å². The molecule has 0 saturated heterocycles. The number of aromatic nitrogens is 2. The molecule has 10 nitrogen and oxygen atoms in total. The molecule has 0 radical (unpaired) electrons. The maximum Gasteiger partial charge on any atom is 0.263 e. The Bertz CT molecular complexity index is 1320. The van der Waals surface area contributed by atoms with E-state index in [2.05, 4.69) is 32.2 Å². The van der Waals surface area contributed by atoms with E-state index in [1.165, 1.54) is 43.8 Å². The zero-order valence-corrected chi connectivity index (χ0v) is 22.2. The topological polar surface area (TPSA) is 132 Å². The van der Waals surface area contributed by atoms with Crippen molar-refractivity contribution in [1.29, 1.82) is 0 Å². The number of carbonyl (C=O) groups excluding carboxylic acids is 1. The van der Waals surface area contributed by atoms with E-state index in [-0.39, 0.29) is 21.7 Å². The highest BCUT2D eigenvalue weighted by atomic mass is 32.2. The van der Waals surface area contributed by atoms with Crippen molar-refractivity contribution in [2.75, 3.05) is 23.8 Å². The molecule has 0 atom stereocenters. The van der Waals surface area contributed by atoms with Gasteiger partial charge in [0.25, 0.3) is 15.9 Å². The van der Waals surface area contributed by atoms with Gasteiger partial charge < -0.3 is 14.8 Å². The Morgan fingerprint density at radius 3 is 2.51 bits per heavy atom. The van der Waals surface area contributed by atoms with Gasteiger partial charge in [0.1, 0.15) is 17.9 Å². The predicted molar refractivity (Wildman–Crippen MR) is 146 cm³/mol. The number of carbonyl (C=O) groups is 1. The number of rotatable bonds is 12. The monoisotopic (exact) mass is 543 g/mol. The molecule has 1 aromatic heterocycles. The summed E-state index contributed by atoms with van der Waals surface area (Å²) in [6, 6.07) is 14.2. The van der Waals surface area contributed by atoms with Gasteiger partial charge in [-0.2, -0.15) is 0 Å². The van der Waals surface area contributed by atoms with Crippen LogP contribution in [0.5, 0.6) is 11.6 Å². The zero-order valence-electron chi connectivity index (χ0n) is 20.6. The number of anilines is 2. The van der Waals surface area contributed by atoms with Crippen LogP contribution in [0.3, 0.4) is 0 Å². The number of amides is 1. The van der Waals surface area contributed by atoms with E-state index in [9.17, 15) is 13.2 Å². The number of hydrogen-bond acceptors (Lipinski definition) is 8. The van der Waals surface area contributed by atoms with Crippen LogP contribution < -0.4 is 24.8 Å². The maximum absolute atomic E-state index is 12.8. The van der Waals surface area contributed by atoms with Crippen molar-refractivity contribution in [1.82, 2.24) is 15.3 Å². The van der Waals surface area contributed by atoms with Crippen LogP contribution >= 0.6 is 12.2 Å². The second-order valence-electron chi connectivity index (χ2n) is 7.89. The van der Waals surface area contributed by atoms with Crippen LogP contribution in [-0.2, 0) is 10.0 Å². The molecule has 2 aromatic carbocycles. The lowest BCUT2D eigenvalue weighted by Gasteiger charge is -2.13. The van der Waals surface area contributed by atoms with E-state index in [4.69, 9.17) is 21.7 Å². The van der Waals surface area contributed by atoms with Crippen molar-refractivity contribution in [3.8, 4) is 11.6 Å². The van der Waals surface area contributed by atoms with E-state index in [1.807, 2.05) is 0 Å². The lowest BCUT2D eigenvalue weighted by molar-refractivity contribution is 0.0973. The minimum absolute atomic E-state index is 0.00981. The van der Waals surface area contributed by atoms with E-state index < -0.39 is 15.9 Å². The first-order valence-electron chi connectivity index (χ1n) is 11.7. The van der Waals surface area contributed by atoms with Gasteiger partial charge in [-0.15, -0.1) is 0 Å². The largest absolute Gasteiger partial charge is 0.493 e. The lowest BCUT2D eigenvalue weighted by atomic mass is 10.2. The quantitative estimate of drug-likeness (QED) is 0.225. The first-order valence-corrected chi connectivity index (χ1v) is 13.5. The molecular formula is C25H29N5O5S2. The van der Waals surface area contributed by atoms with E-state index in [1.54, 1.807) is 24.3 Å². The van der Waals surface area contributed by atoms with Gasteiger partial charge in [0.2, 0.25) is 5.88 Å². The molecule has 0 bridgehead atoms. The molecule has 0 saturated carbocycles. The Hall–Kier alpha value is -3.77. The van der Waals surface area contributed by atoms with Crippen molar-refractivity contribution in [3.63, 3.8) is 0 Å². The molecule has 0 fully saturated rings. The summed E-state index contributed by atoms with van der Waals surface area (Å²) in [6.07, 6.45) is 5.46. The standard InChI is InChI=1S/C25H29N5O5S2/c1-3-4-5-8-15-35-21-10-7-6-9-20(21)24(31)29-25(36)28-18-11-13-19(14-12-18)37(32,33)30-22-16-23(34-2)27-17-26-22/h6-7,9-14,16-17H,3-5,8,15H2,1-2H3,(H,26,27,30)(H2,28,29,31,36). The van der Waals surface area contributed by atoms with Gasteiger partial charge >= 0.3 is 0 Å². The van der Waals surface area contributed by atoms with Crippen LogP contribution in [0.25, 0.3) is 0 Å². The summed E-state index contributed by atoms with van der Waals surface area (Å²) < 4.78 is 38.5. The summed E-state index contributed by atoms with van der Waals surface area (Å²) in [5, 5.41) is 5.57. The van der Waals surface area contributed by atoms with Crippen LogP contribution in [0, 0.1) is 0 Å². The number of unbranched alkanes of at least 4 members (excludes halogenated alkanes) is 3. The molecule has 37 heavy (non-hydrogen) atoms. The second kappa shape index (κ2) is 13.5. The molecule has 0 spiro atoms. The van der Waals surface area contributed by atoms with Gasteiger partial charge in [-0.3, -0.25) is 14.8 Å². The van der Waals surface area contributed by atoms with Crippen molar-refractivity contribution < 1.29 is 22.7 Å². The van der Waals surface area contributed by atoms with Crippen molar-refractivity contribution >= 4 is 44.8 Å². The summed E-state index contributed by atoms with van der Waals surface area (Å²) >= 11 is 5.27. The zero-order chi connectivity index (χ0) is 26.7. The first-order chi connectivity index (χ1) is 17.8. The SMILES string of the molecule is CCCCCCOc1ccccc1C(=O)NC(=S)Nc1ccc(S(=O)(=O)Nc2cc(OC)ncn2)cc1. The number of para-hydroxylation sites is 1. The van der Waals surface area contributed by atoms with Crippen LogP contribution in [0.4, 0.5) is 11.5 Å². The Kier molecular flexibility index (Phi) is 10.2. The summed E-state index contributed by atoms with van der Waals surface area (Å²) in [5.41, 5.74) is 0.865. The second-order valence-corrected chi connectivity index (χ2v) is 9.98. The van der Waals surface area contributed by atoms with E-state index in [0.29, 0.717) is 23.6 Å². The summed E-state index contributed by atoms with van der Waals surface area (Å²) in [6.45, 7) is 2.67. The van der Waals surface area contributed by atoms with Crippen LogP contribution in [0.15, 0.2) is 65.8 Å². The van der Waals surface area contributed by atoms with Gasteiger partial charge in [0.05, 0.1) is 24.2 Å². The fourth-order valence-corrected chi connectivity index (χ4v) is 4.45. The van der Waals surface area contributed by atoms with Gasteiger partial charge in [-0.25, -0.2) is 18.4 Å². The highest BCUT2D eigenvalue weighted by molar-refractivity contribution is 7.92. The fraction of sp³-hybridized carbons (Fsp3) is 0.280. The summed E-state index contributed by atoms with van der Waals surface area (Å²) in [4.78, 5) is 20.5. The third kappa shape index (κ3) is 8.40. The number of ether oxygens (including phenoxy) is 2. The number of methoxy groups -OCH3 is 1. The molecule has 3 rings (SSSR count). The lowest BCUT2D eigenvalue weighted by Crippen LogP contribution is -2.34. The average molecular weight is 544 g/mol. The number of sulfonamides is 1. The molecule has 1 amide bonds. The molecule has 196 valence electrons. The summed E-state index contributed by atoms with van der Waals surface area (Å²) in [7, 11) is -2.48. The molecule has 0 aliphatic rings. The first kappa shape index (κ1) is 27.8. The molecule has 0 aliphatic heterocycles. The van der Waals surface area contributed by atoms with Crippen molar-refractivity contribution in [3.05, 3.63) is 66.5 Å². The number of benzene rings is 2. The predicted octanol–water partition coefficient (Wildman–Crippen LogP) is 4.37. The highest BCUT2D eigenvalue weighted by Gasteiger charge is 2.17. The number of nitrogens with zero attached hydrogens (tertiary/aromatic N) is 2. The third-order valence-corrected chi connectivity index (χ3v) is 6.70. The van der Waals surface area contributed by atoms with Gasteiger partial charge in [-0.1, -0.05) is 38.3 Å². The minimum Gasteiger partial charge on any atom is -0.493 e. The highest BCUT2D eigenvalue weighted by Crippen LogP contribution is 2.20. The van der Waals surface area contributed by atoms with E-state index in [0.717, 1.165) is 25.7 Å². The number of hydrogen-bond donors (Lipinski definition) is 3. The molecule has 12 heteroatoms. The molecule has 0 unspecified atom stereocenters. The minimum atomic E-state index is -3.90. The molecule has 0 aliphatic carbocycles. The molecule has 3 N–H and O–H groups in total. The summed E-state index contributed by atoms with van der Waals surface area (Å²) in [5.74, 6) is 0.375. The van der Waals surface area contributed by atoms with Crippen molar-refractivity contribution in [2.45, 2.75) is 37.5 Å². The van der Waals surface area contributed by atoms with E-state index >= 15 is 0 Å². The Labute approximate surface area is 221 Å². The van der Waals surface area contributed by atoms with Crippen molar-refractivity contribution in [2.24, 2.45) is 0 Å². The van der Waals surface area contributed by atoms with Gasteiger partial charge in [0.15, 0.2) is 5.11 Å². The van der Waals surface area contributed by atoms with Crippen LogP contribution in [0.1, 0.15) is 43.0 Å². The van der Waals surface area contributed by atoms with Crippen LogP contribution in [-0.4, -0.2) is 43.1 Å². The van der Waals surface area contributed by atoms with Gasteiger partial charge in [0, 0.05) is 11.8 Å². The number of thiocarbonyl (C=S) groups is 1. The maximum atomic E-state index is 12.8. The smallest absolute Gasteiger partial charge is 0.263 e. The third-order valence-electron chi connectivity index (χ3n) is 5.13. The molecule has 1 heterocycles. The Morgan fingerprint density at radius 1 is 1.03 bits per heavy atom. The normalized spacial score (nSPS) is 10.9. The molecular weight excluding hydrogens is 514 g/mol. The molecule has 3 aromatic rings. The average Bonchev–Trinajstić information content (AvgIpc) is 2.89. The fourth-order valence-electron chi connectivity index (χ4n) is 3.24. The van der Waals surface area contributed by atoms with Gasteiger partial charge in [-0.05, 0) is 55.0 Å². The Balaban J connectivity index is 1.58.